The Morgan fingerprint density at radius 1 is 1.61 bits per heavy atom. The molecule has 0 aromatic heterocycles. The van der Waals surface area contributed by atoms with Crippen molar-refractivity contribution in [1.29, 1.82) is 0 Å². The molecule has 1 unspecified atom stereocenters. The molecule has 1 aliphatic rings. The zero-order valence-corrected chi connectivity index (χ0v) is 11.0. The summed E-state index contributed by atoms with van der Waals surface area (Å²) >= 11 is 1.88. The normalized spacial score (nSPS) is 18.9. The fourth-order valence-corrected chi connectivity index (χ4v) is 3.40. The molecule has 1 aliphatic heterocycles. The lowest BCUT2D eigenvalue weighted by Crippen LogP contribution is -2.31. The number of hydrogen-bond acceptors (Lipinski definition) is 5. The van der Waals surface area contributed by atoms with E-state index in [0.717, 1.165) is 17.9 Å². The zero-order valence-electron chi connectivity index (χ0n) is 10.2. The van der Waals surface area contributed by atoms with Crippen LogP contribution in [0, 0.1) is 10.1 Å². The summed E-state index contributed by atoms with van der Waals surface area (Å²) in [5.74, 6) is 2.12. The molecule has 0 spiro atoms. The Morgan fingerprint density at radius 3 is 2.94 bits per heavy atom. The van der Waals surface area contributed by atoms with Crippen molar-refractivity contribution in [2.24, 2.45) is 0 Å². The first-order chi connectivity index (χ1) is 8.63. The first kappa shape index (κ1) is 13.2. The summed E-state index contributed by atoms with van der Waals surface area (Å²) in [4.78, 5) is 12.7. The number of thioether (sulfide) groups is 1. The number of benzene rings is 1. The second-order valence-corrected chi connectivity index (χ2v) is 5.52. The van der Waals surface area contributed by atoms with E-state index < -0.39 is 0 Å². The molecule has 0 radical (unpaired) electrons. The van der Waals surface area contributed by atoms with E-state index >= 15 is 0 Å². The van der Waals surface area contributed by atoms with Crippen LogP contribution in [0.4, 0.5) is 11.4 Å². The van der Waals surface area contributed by atoms with E-state index in [-0.39, 0.29) is 17.2 Å². The van der Waals surface area contributed by atoms with Crippen LogP contribution in [0.1, 0.15) is 12.0 Å². The molecule has 1 aromatic carbocycles. The average molecular weight is 268 g/mol. The summed E-state index contributed by atoms with van der Waals surface area (Å²) in [5, 5.41) is 20.1. The maximum Gasteiger partial charge on any atom is 0.292 e. The van der Waals surface area contributed by atoms with Gasteiger partial charge in [0.15, 0.2) is 0 Å². The molecule has 18 heavy (non-hydrogen) atoms. The summed E-state index contributed by atoms with van der Waals surface area (Å²) < 4.78 is 0. The van der Waals surface area contributed by atoms with Crippen LogP contribution in [0.5, 0.6) is 0 Å². The third-order valence-electron chi connectivity index (χ3n) is 3.25. The number of nitrogens with zero attached hydrogens (tertiary/aromatic N) is 2. The number of nitro groups is 1. The van der Waals surface area contributed by atoms with Crippen molar-refractivity contribution in [1.82, 2.24) is 0 Å². The Labute approximate surface area is 110 Å². The van der Waals surface area contributed by atoms with Gasteiger partial charge in [-0.05, 0) is 23.8 Å². The smallest absolute Gasteiger partial charge is 0.292 e. The first-order valence-corrected chi connectivity index (χ1v) is 6.97. The number of hydrogen-bond donors (Lipinski definition) is 1. The lowest BCUT2D eigenvalue weighted by atomic mass is 10.1. The number of nitro benzene ring substituents is 1. The van der Waals surface area contributed by atoms with Gasteiger partial charge in [-0.3, -0.25) is 10.1 Å². The van der Waals surface area contributed by atoms with Crippen LogP contribution >= 0.6 is 11.8 Å². The van der Waals surface area contributed by atoms with Gasteiger partial charge in [-0.1, -0.05) is 6.07 Å². The van der Waals surface area contributed by atoms with Crippen LogP contribution in [-0.4, -0.2) is 34.6 Å². The third kappa shape index (κ3) is 2.59. The fraction of sp³-hybridized carbons (Fsp3) is 0.500. The minimum Gasteiger partial charge on any atom is -0.392 e. The Morgan fingerprint density at radius 2 is 2.39 bits per heavy atom. The molecule has 1 fully saturated rings. The van der Waals surface area contributed by atoms with Crippen LogP contribution in [0.2, 0.25) is 0 Å². The van der Waals surface area contributed by atoms with Gasteiger partial charge in [0.2, 0.25) is 0 Å². The first-order valence-electron chi connectivity index (χ1n) is 5.82. The molecule has 0 bridgehead atoms. The SMILES string of the molecule is CN(c1ccc(CO)cc1[N+](=O)[O-])C1CCSC1. The number of aliphatic hydroxyl groups excluding tert-OH is 1. The predicted octanol–water partition coefficient (Wildman–Crippen LogP) is 2.03. The van der Waals surface area contributed by atoms with Crippen molar-refractivity contribution in [3.8, 4) is 0 Å². The van der Waals surface area contributed by atoms with Gasteiger partial charge in [0.05, 0.1) is 11.5 Å². The predicted molar refractivity (Wildman–Crippen MR) is 73.2 cm³/mol. The largest absolute Gasteiger partial charge is 0.392 e. The summed E-state index contributed by atoms with van der Waals surface area (Å²) in [6, 6.07) is 5.27. The molecule has 0 saturated carbocycles. The van der Waals surface area contributed by atoms with Crippen LogP contribution in [0.25, 0.3) is 0 Å². The molecule has 1 saturated heterocycles. The minimum absolute atomic E-state index is 0.0703. The molecule has 98 valence electrons. The highest BCUT2D eigenvalue weighted by Gasteiger charge is 2.25. The molecule has 1 N–H and O–H groups in total. The molecular formula is C12H16N2O3S. The van der Waals surface area contributed by atoms with Gasteiger partial charge in [0, 0.05) is 24.9 Å². The van der Waals surface area contributed by atoms with Crippen molar-refractivity contribution < 1.29 is 10.0 Å². The maximum atomic E-state index is 11.1. The van der Waals surface area contributed by atoms with Gasteiger partial charge in [-0.25, -0.2) is 0 Å². The summed E-state index contributed by atoms with van der Waals surface area (Å²) in [7, 11) is 1.90. The number of rotatable bonds is 4. The molecule has 6 heteroatoms. The zero-order chi connectivity index (χ0) is 13.1. The lowest BCUT2D eigenvalue weighted by Gasteiger charge is -2.25. The van der Waals surface area contributed by atoms with Gasteiger partial charge < -0.3 is 10.0 Å². The van der Waals surface area contributed by atoms with Crippen LogP contribution in [-0.2, 0) is 6.61 Å². The van der Waals surface area contributed by atoms with Crippen molar-refractivity contribution in [3.05, 3.63) is 33.9 Å². The minimum atomic E-state index is -0.382. The molecule has 2 rings (SSSR count). The number of anilines is 1. The van der Waals surface area contributed by atoms with Gasteiger partial charge in [0.25, 0.3) is 5.69 Å². The van der Waals surface area contributed by atoms with E-state index in [1.807, 2.05) is 23.7 Å². The molecule has 5 nitrogen and oxygen atoms in total. The van der Waals surface area contributed by atoms with E-state index in [9.17, 15) is 10.1 Å². The second-order valence-electron chi connectivity index (χ2n) is 4.37. The van der Waals surface area contributed by atoms with Gasteiger partial charge in [-0.2, -0.15) is 11.8 Å². The van der Waals surface area contributed by atoms with Crippen molar-refractivity contribution in [3.63, 3.8) is 0 Å². The topological polar surface area (TPSA) is 66.6 Å². The molecule has 0 amide bonds. The quantitative estimate of drug-likeness (QED) is 0.668. The molecule has 1 heterocycles. The second kappa shape index (κ2) is 5.58. The van der Waals surface area contributed by atoms with Crippen molar-refractivity contribution in [2.45, 2.75) is 19.1 Å². The fourth-order valence-electron chi connectivity index (χ4n) is 2.14. The summed E-state index contributed by atoms with van der Waals surface area (Å²) in [6.45, 7) is -0.176. The molecule has 0 aliphatic carbocycles. The molecule has 1 aromatic rings. The van der Waals surface area contributed by atoms with Crippen LogP contribution in [0.3, 0.4) is 0 Å². The Kier molecular flexibility index (Phi) is 4.08. The van der Waals surface area contributed by atoms with Crippen LogP contribution in [0.15, 0.2) is 18.2 Å². The monoisotopic (exact) mass is 268 g/mol. The van der Waals surface area contributed by atoms with Crippen molar-refractivity contribution in [2.75, 3.05) is 23.5 Å². The van der Waals surface area contributed by atoms with E-state index in [2.05, 4.69) is 0 Å². The van der Waals surface area contributed by atoms with Gasteiger partial charge in [0.1, 0.15) is 5.69 Å². The molecule has 1 atom stereocenters. The highest BCUT2D eigenvalue weighted by atomic mass is 32.2. The van der Waals surface area contributed by atoms with E-state index in [4.69, 9.17) is 5.11 Å². The Bertz CT molecular complexity index is 447. The Balaban J connectivity index is 2.33. The van der Waals surface area contributed by atoms with E-state index in [0.29, 0.717) is 17.3 Å². The lowest BCUT2D eigenvalue weighted by molar-refractivity contribution is -0.384. The average Bonchev–Trinajstić information content (AvgIpc) is 2.91. The standard InChI is InChI=1S/C12H16N2O3S/c1-13(10-4-5-18-8-10)11-3-2-9(7-15)6-12(11)14(16)17/h2-3,6,10,15H,4-5,7-8H2,1H3. The van der Waals surface area contributed by atoms with E-state index in [1.165, 1.54) is 6.07 Å². The van der Waals surface area contributed by atoms with Gasteiger partial charge >= 0.3 is 0 Å². The third-order valence-corrected chi connectivity index (χ3v) is 4.40. The van der Waals surface area contributed by atoms with Crippen LogP contribution < -0.4 is 4.90 Å². The Hall–Kier alpha value is -1.27. The van der Waals surface area contributed by atoms with Gasteiger partial charge in [-0.15, -0.1) is 0 Å². The molecular weight excluding hydrogens is 252 g/mol. The maximum absolute atomic E-state index is 11.1. The van der Waals surface area contributed by atoms with Crippen molar-refractivity contribution >= 4 is 23.1 Å². The van der Waals surface area contributed by atoms with E-state index in [1.54, 1.807) is 12.1 Å². The summed E-state index contributed by atoms with van der Waals surface area (Å²) in [5.41, 5.74) is 1.27. The highest BCUT2D eigenvalue weighted by molar-refractivity contribution is 7.99. The highest BCUT2D eigenvalue weighted by Crippen LogP contribution is 2.33. The summed E-state index contributed by atoms with van der Waals surface area (Å²) in [6.07, 6.45) is 1.06. The number of aliphatic hydroxyl groups is 1.